The van der Waals surface area contributed by atoms with E-state index in [1.54, 1.807) is 0 Å². The van der Waals surface area contributed by atoms with Gasteiger partial charge in [-0.05, 0) is 37.1 Å². The van der Waals surface area contributed by atoms with Gasteiger partial charge in [0, 0.05) is 6.04 Å². The Bertz CT molecular complexity index is 951. The van der Waals surface area contributed by atoms with E-state index >= 15 is 0 Å². The maximum absolute atomic E-state index is 14.0. The summed E-state index contributed by atoms with van der Waals surface area (Å²) in [5.74, 6) is -5.36. The summed E-state index contributed by atoms with van der Waals surface area (Å²) in [5.41, 5.74) is -0.844. The number of nitrogens with zero attached hydrogens (tertiary/aromatic N) is 2. The predicted octanol–water partition coefficient (Wildman–Crippen LogP) is 2.88. The Labute approximate surface area is 178 Å². The number of rotatable bonds is 5. The number of amides is 1. The highest BCUT2D eigenvalue weighted by molar-refractivity contribution is 5.95. The van der Waals surface area contributed by atoms with E-state index in [0.29, 0.717) is 19.0 Å². The largest absolute Gasteiger partial charge is 0.394 e. The molecule has 5 nitrogen and oxygen atoms in total. The van der Waals surface area contributed by atoms with Crippen LogP contribution in [0.15, 0.2) is 42.5 Å². The molecule has 2 aliphatic rings. The smallest absolute Gasteiger partial charge is 0.257 e. The highest BCUT2D eigenvalue weighted by atomic mass is 19.2. The number of halogens is 3. The summed E-state index contributed by atoms with van der Waals surface area (Å²) < 4.78 is 40.7. The maximum atomic E-state index is 14.0. The second-order valence-electron chi connectivity index (χ2n) is 8.35. The predicted molar refractivity (Wildman–Crippen MR) is 108 cm³/mol. The van der Waals surface area contributed by atoms with Crippen molar-refractivity contribution in [1.82, 2.24) is 9.80 Å². The minimum Gasteiger partial charge on any atom is -0.394 e. The molecule has 166 valence electrons. The third kappa shape index (κ3) is 3.95. The van der Waals surface area contributed by atoms with E-state index in [4.69, 9.17) is 0 Å². The lowest BCUT2D eigenvalue weighted by Crippen LogP contribution is -2.72. The molecule has 0 bridgehead atoms. The van der Waals surface area contributed by atoms with Crippen molar-refractivity contribution in [3.63, 3.8) is 0 Å². The quantitative estimate of drug-likeness (QED) is 0.711. The number of aliphatic hydroxyl groups excluding tert-OH is 1. The van der Waals surface area contributed by atoms with Crippen molar-refractivity contribution in [3.8, 4) is 0 Å². The lowest BCUT2D eigenvalue weighted by Gasteiger charge is -2.56. The molecule has 1 amide bonds. The summed E-state index contributed by atoms with van der Waals surface area (Å²) in [6, 6.07) is 10.6. The summed E-state index contributed by atoms with van der Waals surface area (Å²) >= 11 is 0. The number of hydrogen-bond acceptors (Lipinski definition) is 4. The molecule has 0 spiro atoms. The molecular weight excluding hydrogens is 409 g/mol. The van der Waals surface area contributed by atoms with Crippen molar-refractivity contribution in [1.29, 1.82) is 0 Å². The van der Waals surface area contributed by atoms with Crippen LogP contribution in [0.3, 0.4) is 0 Å². The molecule has 31 heavy (non-hydrogen) atoms. The van der Waals surface area contributed by atoms with Crippen LogP contribution >= 0.6 is 0 Å². The fourth-order valence-electron chi connectivity index (χ4n) is 4.81. The SMILES string of the molecule is O=C(c1ccc(F)c(F)c1F)N1CC(O)(C2CCCCN2C(CO)c2ccccc2)C1. The van der Waals surface area contributed by atoms with E-state index in [2.05, 4.69) is 4.90 Å². The monoisotopic (exact) mass is 434 g/mol. The van der Waals surface area contributed by atoms with Gasteiger partial charge in [0.05, 0.1) is 31.3 Å². The zero-order valence-electron chi connectivity index (χ0n) is 17.0. The van der Waals surface area contributed by atoms with Crippen molar-refractivity contribution < 1.29 is 28.2 Å². The average Bonchev–Trinajstić information content (AvgIpc) is 2.77. The molecule has 0 radical (unpaired) electrons. The molecule has 4 rings (SSSR count). The van der Waals surface area contributed by atoms with Crippen LogP contribution in [0.25, 0.3) is 0 Å². The van der Waals surface area contributed by atoms with Gasteiger partial charge in [-0.25, -0.2) is 13.2 Å². The first-order valence-corrected chi connectivity index (χ1v) is 10.4. The third-order valence-corrected chi connectivity index (χ3v) is 6.40. The molecule has 2 N–H and O–H groups in total. The number of benzene rings is 2. The molecule has 2 unspecified atom stereocenters. The highest BCUT2D eigenvalue weighted by Crippen LogP contribution is 2.38. The molecule has 8 heteroatoms. The van der Waals surface area contributed by atoms with Gasteiger partial charge in [-0.15, -0.1) is 0 Å². The lowest BCUT2D eigenvalue weighted by molar-refractivity contribution is -0.150. The van der Waals surface area contributed by atoms with Crippen LogP contribution in [-0.4, -0.2) is 63.8 Å². The van der Waals surface area contributed by atoms with Crippen LogP contribution in [0.1, 0.15) is 41.2 Å². The standard InChI is InChI=1S/C23H25F3N2O3/c24-17-10-9-16(20(25)21(17)26)22(30)27-13-23(31,14-27)19-8-4-5-11-28(19)18(12-29)15-6-2-1-3-7-15/h1-3,6-7,9-10,18-19,29,31H,4-5,8,11-14H2. The van der Waals surface area contributed by atoms with Crippen molar-refractivity contribution in [2.24, 2.45) is 0 Å². The van der Waals surface area contributed by atoms with Crippen molar-refractivity contribution in [2.45, 2.75) is 36.9 Å². The summed E-state index contributed by atoms with van der Waals surface area (Å²) in [4.78, 5) is 15.9. The van der Waals surface area contributed by atoms with Crippen LogP contribution < -0.4 is 0 Å². The Hall–Kier alpha value is -2.42. The Morgan fingerprint density at radius 1 is 1.06 bits per heavy atom. The number of carbonyl (C=O) groups is 1. The van der Waals surface area contributed by atoms with E-state index < -0.39 is 34.5 Å². The second kappa shape index (κ2) is 8.61. The van der Waals surface area contributed by atoms with Gasteiger partial charge < -0.3 is 15.1 Å². The third-order valence-electron chi connectivity index (χ3n) is 6.40. The zero-order chi connectivity index (χ0) is 22.2. The van der Waals surface area contributed by atoms with E-state index in [0.717, 1.165) is 24.5 Å². The van der Waals surface area contributed by atoms with Gasteiger partial charge in [0.25, 0.3) is 5.91 Å². The van der Waals surface area contributed by atoms with Gasteiger partial charge in [0.1, 0.15) is 5.60 Å². The van der Waals surface area contributed by atoms with Gasteiger partial charge >= 0.3 is 0 Å². The normalized spacial score (nSPS) is 22.1. The van der Waals surface area contributed by atoms with Crippen molar-refractivity contribution >= 4 is 5.91 Å². The van der Waals surface area contributed by atoms with Crippen LogP contribution in [0.2, 0.25) is 0 Å². The zero-order valence-corrected chi connectivity index (χ0v) is 17.0. The summed E-state index contributed by atoms with van der Waals surface area (Å²) in [6.45, 7) is 0.495. The van der Waals surface area contributed by atoms with Crippen molar-refractivity contribution in [2.75, 3.05) is 26.2 Å². The highest BCUT2D eigenvalue weighted by Gasteiger charge is 2.53. The minimum atomic E-state index is -1.69. The van der Waals surface area contributed by atoms with E-state index in [9.17, 15) is 28.2 Å². The molecule has 2 aromatic carbocycles. The van der Waals surface area contributed by atoms with Gasteiger partial charge in [0.2, 0.25) is 0 Å². The van der Waals surface area contributed by atoms with Crippen LogP contribution in [0.4, 0.5) is 13.2 Å². The Morgan fingerprint density at radius 3 is 2.45 bits per heavy atom. The molecule has 2 aromatic rings. The number of β-amino-alcohol motifs (C(OH)–C–C–N with tert-alkyl or cyclic N) is 1. The second-order valence-corrected chi connectivity index (χ2v) is 8.35. The Morgan fingerprint density at radius 2 is 1.77 bits per heavy atom. The molecule has 0 saturated carbocycles. The van der Waals surface area contributed by atoms with Crippen LogP contribution in [0, 0.1) is 17.5 Å². The van der Waals surface area contributed by atoms with Gasteiger partial charge in [-0.2, -0.15) is 0 Å². The average molecular weight is 434 g/mol. The van der Waals surface area contributed by atoms with E-state index in [1.807, 2.05) is 30.3 Å². The molecule has 2 aliphatic heterocycles. The molecule has 2 fully saturated rings. The van der Waals surface area contributed by atoms with Gasteiger partial charge in [0.15, 0.2) is 17.5 Å². The number of piperidine rings is 1. The number of aliphatic hydroxyl groups is 2. The van der Waals surface area contributed by atoms with Gasteiger partial charge in [-0.3, -0.25) is 9.69 Å². The molecule has 2 saturated heterocycles. The fourth-order valence-corrected chi connectivity index (χ4v) is 4.81. The molecular formula is C23H25F3N2O3. The maximum Gasteiger partial charge on any atom is 0.257 e. The number of hydrogen-bond donors (Lipinski definition) is 2. The first-order chi connectivity index (χ1) is 14.9. The van der Waals surface area contributed by atoms with Crippen LogP contribution in [-0.2, 0) is 0 Å². The molecule has 2 atom stereocenters. The first-order valence-electron chi connectivity index (χ1n) is 10.4. The molecule has 0 aliphatic carbocycles. The molecule has 2 heterocycles. The van der Waals surface area contributed by atoms with Crippen molar-refractivity contribution in [3.05, 3.63) is 71.0 Å². The van der Waals surface area contributed by atoms with Crippen LogP contribution in [0.5, 0.6) is 0 Å². The number of likely N-dealkylation sites (tertiary alicyclic amines) is 2. The molecule has 0 aromatic heterocycles. The number of carbonyl (C=O) groups excluding carboxylic acids is 1. The summed E-state index contributed by atoms with van der Waals surface area (Å²) in [7, 11) is 0. The fraction of sp³-hybridized carbons (Fsp3) is 0.435. The summed E-state index contributed by atoms with van der Waals surface area (Å²) in [6.07, 6.45) is 2.53. The Balaban J connectivity index is 1.51. The minimum absolute atomic E-state index is 0.0433. The lowest BCUT2D eigenvalue weighted by atomic mass is 9.79. The van der Waals surface area contributed by atoms with E-state index in [-0.39, 0.29) is 31.8 Å². The first kappa shape index (κ1) is 21.8. The van der Waals surface area contributed by atoms with E-state index in [1.165, 1.54) is 4.90 Å². The topological polar surface area (TPSA) is 64.0 Å². The summed E-state index contributed by atoms with van der Waals surface area (Å²) in [5, 5.41) is 21.4. The Kier molecular flexibility index (Phi) is 6.05. The van der Waals surface area contributed by atoms with Gasteiger partial charge in [-0.1, -0.05) is 36.8 Å².